The summed E-state index contributed by atoms with van der Waals surface area (Å²) < 4.78 is 15.5. The van der Waals surface area contributed by atoms with Crippen molar-refractivity contribution in [3.05, 3.63) is 33.5 Å². The van der Waals surface area contributed by atoms with Crippen LogP contribution < -0.4 is 0 Å². The van der Waals surface area contributed by atoms with Crippen molar-refractivity contribution in [3.8, 4) is 0 Å². The van der Waals surface area contributed by atoms with Gasteiger partial charge in [-0.15, -0.1) is 0 Å². The maximum atomic E-state index is 12.8. The number of hydrogen-bond acceptors (Lipinski definition) is 1. The summed E-state index contributed by atoms with van der Waals surface area (Å²) in [5.41, 5.74) is 1.72. The quantitative estimate of drug-likeness (QED) is 0.675. The maximum absolute atomic E-state index is 12.8. The molecule has 0 spiro atoms. The molecule has 2 aromatic heterocycles. The zero-order chi connectivity index (χ0) is 8.72. The van der Waals surface area contributed by atoms with E-state index in [-0.39, 0.29) is 5.82 Å². The van der Waals surface area contributed by atoms with Crippen molar-refractivity contribution in [2.75, 3.05) is 0 Å². The largest absolute Gasteiger partial charge is 0.292 e. The Bertz CT molecular complexity index is 436. The Kier molecular flexibility index (Phi) is 1.79. The highest BCUT2D eigenvalue weighted by atomic mass is 127. The van der Waals surface area contributed by atoms with Crippen molar-refractivity contribution < 1.29 is 4.39 Å². The summed E-state index contributed by atoms with van der Waals surface area (Å²) in [4.78, 5) is 4.24. The molecule has 2 heterocycles. The van der Waals surface area contributed by atoms with Gasteiger partial charge in [0.2, 0.25) is 0 Å². The van der Waals surface area contributed by atoms with E-state index in [1.165, 1.54) is 12.3 Å². The molecule has 0 atom stereocenters. The van der Waals surface area contributed by atoms with E-state index in [9.17, 15) is 4.39 Å². The van der Waals surface area contributed by atoms with Gasteiger partial charge in [-0.05, 0) is 41.6 Å². The molecule has 0 aliphatic heterocycles. The lowest BCUT2D eigenvalue weighted by atomic mass is 10.5. The standard InChI is InChI=1S/C8H6FIN2/c1-5-8(10)12-4-6(9)2-3-7(12)11-5/h2-4H,1H3. The van der Waals surface area contributed by atoms with E-state index in [0.29, 0.717) is 0 Å². The summed E-state index contributed by atoms with van der Waals surface area (Å²) in [6, 6.07) is 3.09. The summed E-state index contributed by atoms with van der Waals surface area (Å²) in [6.07, 6.45) is 1.44. The van der Waals surface area contributed by atoms with E-state index in [2.05, 4.69) is 27.6 Å². The first kappa shape index (κ1) is 7.97. The molecule has 2 nitrogen and oxygen atoms in total. The summed E-state index contributed by atoms with van der Waals surface area (Å²) in [7, 11) is 0. The summed E-state index contributed by atoms with van der Waals surface area (Å²) in [5, 5.41) is 0. The van der Waals surface area contributed by atoms with Crippen molar-refractivity contribution >= 4 is 28.2 Å². The lowest BCUT2D eigenvalue weighted by molar-refractivity contribution is 0.618. The number of aryl methyl sites for hydroxylation is 1. The van der Waals surface area contributed by atoms with E-state index in [0.717, 1.165) is 15.0 Å². The van der Waals surface area contributed by atoms with Crippen LogP contribution in [0.2, 0.25) is 0 Å². The first-order chi connectivity index (χ1) is 5.68. The van der Waals surface area contributed by atoms with Crippen LogP contribution in [0, 0.1) is 16.4 Å². The molecule has 0 aromatic carbocycles. The first-order valence-corrected chi connectivity index (χ1v) is 4.56. The molecule has 62 valence electrons. The van der Waals surface area contributed by atoms with Gasteiger partial charge >= 0.3 is 0 Å². The molecule has 0 fully saturated rings. The topological polar surface area (TPSA) is 17.3 Å². The highest BCUT2D eigenvalue weighted by Gasteiger charge is 2.04. The highest BCUT2D eigenvalue weighted by Crippen LogP contribution is 2.14. The van der Waals surface area contributed by atoms with Crippen LogP contribution in [0.25, 0.3) is 5.65 Å². The number of nitrogens with zero attached hydrogens (tertiary/aromatic N) is 2. The Hall–Kier alpha value is -0.650. The van der Waals surface area contributed by atoms with Crippen molar-refractivity contribution in [2.24, 2.45) is 0 Å². The Morgan fingerprint density at radius 2 is 2.25 bits per heavy atom. The second-order valence-corrected chi connectivity index (χ2v) is 3.59. The van der Waals surface area contributed by atoms with Crippen molar-refractivity contribution in [1.29, 1.82) is 0 Å². The fraction of sp³-hybridized carbons (Fsp3) is 0.125. The molecule has 0 amide bonds. The van der Waals surface area contributed by atoms with Gasteiger partial charge in [0.1, 0.15) is 15.2 Å². The van der Waals surface area contributed by atoms with E-state index in [1.54, 1.807) is 10.5 Å². The summed E-state index contributed by atoms with van der Waals surface area (Å²) >= 11 is 2.15. The third-order valence-corrected chi connectivity index (χ3v) is 2.98. The predicted octanol–water partition coefficient (Wildman–Crippen LogP) is 2.39. The minimum atomic E-state index is -0.238. The molecular weight excluding hydrogens is 270 g/mol. The van der Waals surface area contributed by atoms with Crippen LogP contribution in [-0.4, -0.2) is 9.38 Å². The molecule has 12 heavy (non-hydrogen) atoms. The normalized spacial score (nSPS) is 10.9. The lowest BCUT2D eigenvalue weighted by Crippen LogP contribution is -1.88. The van der Waals surface area contributed by atoms with E-state index >= 15 is 0 Å². The van der Waals surface area contributed by atoms with Gasteiger partial charge in [0, 0.05) is 6.20 Å². The van der Waals surface area contributed by atoms with Crippen molar-refractivity contribution in [3.63, 3.8) is 0 Å². The monoisotopic (exact) mass is 276 g/mol. The van der Waals surface area contributed by atoms with E-state index in [1.807, 2.05) is 6.92 Å². The smallest absolute Gasteiger partial charge is 0.139 e. The molecule has 0 saturated heterocycles. The van der Waals surface area contributed by atoms with Crippen LogP contribution in [0.5, 0.6) is 0 Å². The molecule has 0 radical (unpaired) electrons. The molecule has 0 saturated carbocycles. The number of rotatable bonds is 0. The maximum Gasteiger partial charge on any atom is 0.139 e. The van der Waals surface area contributed by atoms with Crippen LogP contribution in [0.3, 0.4) is 0 Å². The van der Waals surface area contributed by atoms with E-state index in [4.69, 9.17) is 0 Å². The average molecular weight is 276 g/mol. The minimum absolute atomic E-state index is 0.238. The average Bonchev–Trinajstić information content (AvgIpc) is 2.31. The first-order valence-electron chi connectivity index (χ1n) is 3.48. The zero-order valence-corrected chi connectivity index (χ0v) is 8.54. The van der Waals surface area contributed by atoms with Crippen LogP contribution in [0.4, 0.5) is 4.39 Å². The van der Waals surface area contributed by atoms with Gasteiger partial charge in [-0.2, -0.15) is 0 Å². The molecule has 0 N–H and O–H groups in total. The molecular formula is C8H6FIN2. The van der Waals surface area contributed by atoms with Crippen molar-refractivity contribution in [1.82, 2.24) is 9.38 Å². The second kappa shape index (κ2) is 2.69. The van der Waals surface area contributed by atoms with Gasteiger partial charge in [0.15, 0.2) is 0 Å². The van der Waals surface area contributed by atoms with Crippen molar-refractivity contribution in [2.45, 2.75) is 6.92 Å². The highest BCUT2D eigenvalue weighted by molar-refractivity contribution is 14.1. The SMILES string of the molecule is Cc1nc2ccc(F)cn2c1I. The second-order valence-electron chi connectivity index (χ2n) is 2.56. The third kappa shape index (κ3) is 1.10. The van der Waals surface area contributed by atoms with Gasteiger partial charge in [0.25, 0.3) is 0 Å². The third-order valence-electron chi connectivity index (χ3n) is 1.68. The van der Waals surface area contributed by atoms with Crippen LogP contribution in [0.15, 0.2) is 18.3 Å². The van der Waals surface area contributed by atoms with Crippen LogP contribution in [-0.2, 0) is 0 Å². The summed E-state index contributed by atoms with van der Waals surface area (Å²) in [5.74, 6) is -0.238. The Morgan fingerprint density at radius 1 is 1.50 bits per heavy atom. The van der Waals surface area contributed by atoms with Gasteiger partial charge < -0.3 is 0 Å². The zero-order valence-electron chi connectivity index (χ0n) is 6.38. The van der Waals surface area contributed by atoms with Crippen LogP contribution >= 0.6 is 22.6 Å². The summed E-state index contributed by atoms with van der Waals surface area (Å²) in [6.45, 7) is 1.91. The lowest BCUT2D eigenvalue weighted by Gasteiger charge is -1.93. The van der Waals surface area contributed by atoms with Gasteiger partial charge in [-0.1, -0.05) is 0 Å². The fourth-order valence-electron chi connectivity index (χ4n) is 1.11. The molecule has 0 aliphatic rings. The fourth-order valence-corrected chi connectivity index (χ4v) is 1.61. The molecule has 0 bridgehead atoms. The Labute approximate surface area is 82.6 Å². The molecule has 0 aliphatic carbocycles. The van der Waals surface area contributed by atoms with Gasteiger partial charge in [-0.25, -0.2) is 9.37 Å². The molecule has 4 heteroatoms. The number of halogens is 2. The number of imidazole rings is 1. The van der Waals surface area contributed by atoms with Crippen LogP contribution in [0.1, 0.15) is 5.69 Å². The minimum Gasteiger partial charge on any atom is -0.292 e. The number of pyridine rings is 1. The number of hydrogen-bond donors (Lipinski definition) is 0. The van der Waals surface area contributed by atoms with Gasteiger partial charge in [0.05, 0.1) is 5.69 Å². The Morgan fingerprint density at radius 3 is 3.00 bits per heavy atom. The predicted molar refractivity (Wildman–Crippen MR) is 52.6 cm³/mol. The molecule has 0 unspecified atom stereocenters. The Balaban J connectivity index is 2.88. The number of aromatic nitrogens is 2. The molecule has 2 rings (SSSR count). The van der Waals surface area contributed by atoms with Gasteiger partial charge in [-0.3, -0.25) is 4.40 Å². The number of fused-ring (bicyclic) bond motifs is 1. The van der Waals surface area contributed by atoms with E-state index < -0.39 is 0 Å². The molecule has 2 aromatic rings.